The zero-order valence-electron chi connectivity index (χ0n) is 15.4. The quantitative estimate of drug-likeness (QED) is 0.652. The van der Waals surface area contributed by atoms with Crippen molar-refractivity contribution in [2.75, 3.05) is 32.8 Å². The number of para-hydroxylation sites is 2. The molecule has 0 fully saturated rings. The number of nitrogens with one attached hydrogen (secondary N) is 1. The Morgan fingerprint density at radius 1 is 0.923 bits per heavy atom. The monoisotopic (exact) mass is 359 g/mol. The maximum atomic E-state index is 12.1. The molecule has 1 amide bonds. The lowest BCUT2D eigenvalue weighted by Crippen LogP contribution is -2.13. The molecule has 2 rings (SSSR count). The minimum absolute atomic E-state index is 0.0843. The molecule has 1 N–H and O–H groups in total. The third kappa shape index (κ3) is 5.58. The molecule has 0 bridgehead atoms. The molecule has 26 heavy (non-hydrogen) atoms. The molecule has 0 aromatic heterocycles. The van der Waals surface area contributed by atoms with Gasteiger partial charge in [0.05, 0.1) is 27.4 Å². The van der Waals surface area contributed by atoms with E-state index >= 15 is 0 Å². The summed E-state index contributed by atoms with van der Waals surface area (Å²) in [5.74, 6) is 2.51. The summed E-state index contributed by atoms with van der Waals surface area (Å²) in [5.41, 5.74) is 0.662. The van der Waals surface area contributed by atoms with Gasteiger partial charge >= 0.3 is 0 Å². The van der Waals surface area contributed by atoms with E-state index in [1.165, 1.54) is 0 Å². The minimum Gasteiger partial charge on any atom is -0.493 e. The Labute approximate surface area is 154 Å². The van der Waals surface area contributed by atoms with E-state index in [1.54, 1.807) is 32.4 Å². The predicted molar refractivity (Wildman–Crippen MR) is 101 cm³/mol. The summed E-state index contributed by atoms with van der Waals surface area (Å²) in [6.45, 7) is 2.94. The lowest BCUT2D eigenvalue weighted by molar-refractivity contribution is -0.116. The van der Waals surface area contributed by atoms with E-state index in [0.29, 0.717) is 54.7 Å². The average molecular weight is 359 g/mol. The number of benzene rings is 2. The number of amides is 1. The molecule has 0 aliphatic carbocycles. The molecular weight excluding hydrogens is 334 g/mol. The van der Waals surface area contributed by atoms with E-state index in [4.69, 9.17) is 18.9 Å². The molecule has 0 saturated carbocycles. The summed E-state index contributed by atoms with van der Waals surface area (Å²) in [6, 6.07) is 12.8. The molecule has 2 aromatic carbocycles. The largest absolute Gasteiger partial charge is 0.493 e. The van der Waals surface area contributed by atoms with Crippen molar-refractivity contribution in [2.24, 2.45) is 0 Å². The number of ether oxygens (including phenoxy) is 4. The number of hydrogen-bond donors (Lipinski definition) is 1. The van der Waals surface area contributed by atoms with Crippen molar-refractivity contribution >= 4 is 11.6 Å². The van der Waals surface area contributed by atoms with Crippen LogP contribution < -0.4 is 24.3 Å². The van der Waals surface area contributed by atoms with Gasteiger partial charge in [-0.1, -0.05) is 12.1 Å². The van der Waals surface area contributed by atoms with Gasteiger partial charge in [-0.3, -0.25) is 4.79 Å². The van der Waals surface area contributed by atoms with Crippen LogP contribution in [-0.4, -0.2) is 33.3 Å². The normalized spacial score (nSPS) is 10.1. The van der Waals surface area contributed by atoms with Gasteiger partial charge in [0, 0.05) is 18.2 Å². The SMILES string of the molecule is CCOc1ccccc1OCCCC(=O)Nc1ccc(OC)c(OC)c1. The van der Waals surface area contributed by atoms with E-state index in [0.717, 1.165) is 0 Å². The standard InChI is InChI=1S/C20H25NO5/c1-4-25-17-8-5-6-9-18(17)26-13-7-10-20(22)21-15-11-12-16(23-2)19(14-15)24-3/h5-6,8-9,11-12,14H,4,7,10,13H2,1-3H3,(H,21,22). The highest BCUT2D eigenvalue weighted by Crippen LogP contribution is 2.30. The van der Waals surface area contributed by atoms with Gasteiger partial charge < -0.3 is 24.3 Å². The van der Waals surface area contributed by atoms with Gasteiger partial charge in [-0.2, -0.15) is 0 Å². The maximum Gasteiger partial charge on any atom is 0.224 e. The number of methoxy groups -OCH3 is 2. The summed E-state index contributed by atoms with van der Waals surface area (Å²) in [7, 11) is 3.13. The zero-order chi connectivity index (χ0) is 18.8. The fraction of sp³-hybridized carbons (Fsp3) is 0.350. The molecule has 0 aliphatic heterocycles. The molecule has 0 atom stereocenters. The molecule has 0 heterocycles. The molecule has 0 radical (unpaired) electrons. The first kappa shape index (κ1) is 19.4. The summed E-state index contributed by atoms with van der Waals surface area (Å²) >= 11 is 0. The van der Waals surface area contributed by atoms with Crippen LogP contribution in [0.3, 0.4) is 0 Å². The van der Waals surface area contributed by atoms with Crippen molar-refractivity contribution < 1.29 is 23.7 Å². The van der Waals surface area contributed by atoms with Crippen LogP contribution in [0.25, 0.3) is 0 Å². The van der Waals surface area contributed by atoms with Gasteiger partial charge in [0.2, 0.25) is 5.91 Å². The van der Waals surface area contributed by atoms with Crippen LogP contribution in [0.5, 0.6) is 23.0 Å². The second kappa shape index (κ2) is 10.2. The van der Waals surface area contributed by atoms with Gasteiger partial charge in [0.1, 0.15) is 0 Å². The Morgan fingerprint density at radius 2 is 1.62 bits per heavy atom. The highest BCUT2D eigenvalue weighted by molar-refractivity contribution is 5.91. The third-order valence-corrected chi connectivity index (χ3v) is 3.62. The van der Waals surface area contributed by atoms with Crippen LogP contribution in [0.4, 0.5) is 5.69 Å². The van der Waals surface area contributed by atoms with Crippen molar-refractivity contribution in [2.45, 2.75) is 19.8 Å². The van der Waals surface area contributed by atoms with Gasteiger partial charge in [0.25, 0.3) is 0 Å². The zero-order valence-corrected chi connectivity index (χ0v) is 15.4. The van der Waals surface area contributed by atoms with Crippen LogP contribution in [0, 0.1) is 0 Å². The molecule has 0 aliphatic rings. The first-order valence-electron chi connectivity index (χ1n) is 8.54. The van der Waals surface area contributed by atoms with Crippen molar-refractivity contribution in [1.29, 1.82) is 0 Å². The topological polar surface area (TPSA) is 66.0 Å². The Bertz CT molecular complexity index is 717. The van der Waals surface area contributed by atoms with Crippen LogP contribution in [0.2, 0.25) is 0 Å². The van der Waals surface area contributed by atoms with Crippen LogP contribution in [-0.2, 0) is 4.79 Å². The Balaban J connectivity index is 1.79. The van der Waals surface area contributed by atoms with Crippen LogP contribution in [0.1, 0.15) is 19.8 Å². The number of carbonyl (C=O) groups excluding carboxylic acids is 1. The molecule has 2 aromatic rings. The minimum atomic E-state index is -0.0843. The number of carbonyl (C=O) groups is 1. The highest BCUT2D eigenvalue weighted by Gasteiger charge is 2.08. The van der Waals surface area contributed by atoms with Crippen molar-refractivity contribution in [3.8, 4) is 23.0 Å². The summed E-state index contributed by atoms with van der Waals surface area (Å²) in [6.07, 6.45) is 0.949. The molecule has 140 valence electrons. The fourth-order valence-electron chi connectivity index (χ4n) is 2.40. The van der Waals surface area contributed by atoms with E-state index in [2.05, 4.69) is 5.32 Å². The van der Waals surface area contributed by atoms with E-state index < -0.39 is 0 Å². The van der Waals surface area contributed by atoms with Crippen molar-refractivity contribution in [3.05, 3.63) is 42.5 Å². The number of rotatable bonds is 10. The van der Waals surface area contributed by atoms with Gasteiger partial charge in [0.15, 0.2) is 23.0 Å². The van der Waals surface area contributed by atoms with E-state index in [1.807, 2.05) is 31.2 Å². The van der Waals surface area contributed by atoms with Crippen molar-refractivity contribution in [1.82, 2.24) is 0 Å². The van der Waals surface area contributed by atoms with Gasteiger partial charge in [-0.05, 0) is 37.6 Å². The molecule has 0 saturated heterocycles. The smallest absolute Gasteiger partial charge is 0.224 e. The molecule has 0 spiro atoms. The van der Waals surface area contributed by atoms with Crippen molar-refractivity contribution in [3.63, 3.8) is 0 Å². The highest BCUT2D eigenvalue weighted by atomic mass is 16.5. The molecule has 6 heteroatoms. The maximum absolute atomic E-state index is 12.1. The lowest BCUT2D eigenvalue weighted by Gasteiger charge is -2.12. The first-order chi connectivity index (χ1) is 12.7. The molecular formula is C20H25NO5. The number of hydrogen-bond acceptors (Lipinski definition) is 5. The van der Waals surface area contributed by atoms with Gasteiger partial charge in [-0.25, -0.2) is 0 Å². The molecule has 6 nitrogen and oxygen atoms in total. The second-order valence-corrected chi connectivity index (χ2v) is 5.45. The molecule has 0 unspecified atom stereocenters. The lowest BCUT2D eigenvalue weighted by atomic mass is 10.2. The van der Waals surface area contributed by atoms with Crippen LogP contribution in [0.15, 0.2) is 42.5 Å². The second-order valence-electron chi connectivity index (χ2n) is 5.45. The summed E-state index contributed by atoms with van der Waals surface area (Å²) < 4.78 is 21.6. The summed E-state index contributed by atoms with van der Waals surface area (Å²) in [4.78, 5) is 12.1. The fourth-order valence-corrected chi connectivity index (χ4v) is 2.40. The first-order valence-corrected chi connectivity index (χ1v) is 8.54. The third-order valence-electron chi connectivity index (χ3n) is 3.62. The Morgan fingerprint density at radius 3 is 2.27 bits per heavy atom. The Kier molecular flexibility index (Phi) is 7.61. The van der Waals surface area contributed by atoms with Gasteiger partial charge in [-0.15, -0.1) is 0 Å². The van der Waals surface area contributed by atoms with E-state index in [-0.39, 0.29) is 5.91 Å². The summed E-state index contributed by atoms with van der Waals surface area (Å²) in [5, 5.41) is 2.84. The predicted octanol–water partition coefficient (Wildman–Crippen LogP) is 3.90. The number of anilines is 1. The van der Waals surface area contributed by atoms with E-state index in [9.17, 15) is 4.79 Å². The average Bonchev–Trinajstić information content (AvgIpc) is 2.66. The Hall–Kier alpha value is -2.89. The van der Waals surface area contributed by atoms with Crippen LogP contribution >= 0.6 is 0 Å².